The van der Waals surface area contributed by atoms with Crippen LogP contribution in [0.15, 0.2) is 12.2 Å². The molecule has 548 valence electrons. The number of carbonyl (C=O) groups is 12. The Bertz CT molecular complexity index is 2680. The van der Waals surface area contributed by atoms with Crippen molar-refractivity contribution in [3.8, 4) is 0 Å². The number of likely N-dealkylation sites (N-methyl/N-ethyl adjacent to an activating group) is 7. The van der Waals surface area contributed by atoms with Crippen molar-refractivity contribution in [3.63, 3.8) is 0 Å². The van der Waals surface area contributed by atoms with Crippen LogP contribution in [-0.2, 0) is 57.5 Å². The van der Waals surface area contributed by atoms with Crippen LogP contribution in [0.25, 0.3) is 0 Å². The Labute approximate surface area is 573 Å². The molecule has 2 heterocycles. The van der Waals surface area contributed by atoms with Crippen LogP contribution in [0.3, 0.4) is 0 Å². The highest BCUT2D eigenvalue weighted by atomic mass is 16.6. The average Bonchev–Trinajstić information content (AvgIpc) is 0.810. The lowest BCUT2D eigenvalue weighted by Crippen LogP contribution is -2.64. The third kappa shape index (κ3) is 22.9. The molecule has 12 amide bonds. The second-order valence-electron chi connectivity index (χ2n) is 28.7. The topological polar surface area (TPSA) is 312 Å². The van der Waals surface area contributed by atoms with E-state index in [-0.39, 0.29) is 63.0 Å². The third-order valence-corrected chi connectivity index (χ3v) is 18.8. The van der Waals surface area contributed by atoms with Gasteiger partial charge in [-0.25, -0.2) is 4.79 Å². The van der Waals surface area contributed by atoms with Gasteiger partial charge in [0.1, 0.15) is 66.5 Å². The lowest BCUT2D eigenvalue weighted by Gasteiger charge is -2.41. The first-order valence-electron chi connectivity index (χ1n) is 34.6. The Morgan fingerprint density at radius 2 is 0.958 bits per heavy atom. The van der Waals surface area contributed by atoms with Crippen molar-refractivity contribution in [1.29, 1.82) is 0 Å². The van der Waals surface area contributed by atoms with Gasteiger partial charge < -0.3 is 70.3 Å². The summed E-state index contributed by atoms with van der Waals surface area (Å²) in [5, 5.41) is 23.4. The molecule has 0 spiro atoms. The molecule has 2 aliphatic heterocycles. The summed E-state index contributed by atoms with van der Waals surface area (Å²) < 4.78 is 5.23. The summed E-state index contributed by atoms with van der Waals surface area (Å²) in [5.41, 5.74) is 0. The Morgan fingerprint density at radius 3 is 1.44 bits per heavy atom. The van der Waals surface area contributed by atoms with Crippen LogP contribution < -0.4 is 21.3 Å². The van der Waals surface area contributed by atoms with Gasteiger partial charge in [0.25, 0.3) is 0 Å². The number of nitrogens with zero attached hydrogens (tertiary/aromatic N) is 9. The monoisotopic (exact) mass is 1360 g/mol. The molecule has 0 radical (unpaired) electrons. The summed E-state index contributed by atoms with van der Waals surface area (Å²) in [6.45, 7) is 32.9. The first kappa shape index (κ1) is 85.2. The van der Waals surface area contributed by atoms with Crippen LogP contribution >= 0.6 is 0 Å². The molecule has 0 saturated carbocycles. The Kier molecular flexibility index (Phi) is 34.5. The SMILES string of the molecule is C/C=C/C[C@@H](C)[C@@H](O)[C@H]1C(=O)N[C@@H](CC)C(=O)N(C)[C@H](C)C(=O)N(C)[C@@H]([C@H](C)CN2CCN(C(=O)OCC)CC2)C(=O)N[C@@H](C(C)C)C(=O)N(C)[C@@H](CC(C)C)C(=O)N[C@@H](C)C(=O)N[C@H](C)C(=O)N(C)[C@@H](CC(C)C)C(=O)N(C)[C@@H](CC(C)C)C(=O)N(C)[C@@H](C(C)C)C(=O)N1C. The maximum atomic E-state index is 15.3. The molecule has 0 unspecified atom stereocenters. The fourth-order valence-electron chi connectivity index (χ4n) is 12.6. The van der Waals surface area contributed by atoms with Gasteiger partial charge in [0, 0.05) is 82.1 Å². The summed E-state index contributed by atoms with van der Waals surface area (Å²) in [5.74, 6) is -10.8. The number of allylic oxidation sites excluding steroid dienone is 2. The molecule has 0 bridgehead atoms. The van der Waals surface area contributed by atoms with Gasteiger partial charge in [-0.1, -0.05) is 102 Å². The Hall–Kier alpha value is -6.90. The van der Waals surface area contributed by atoms with E-state index in [1.54, 1.807) is 79.4 Å². The van der Waals surface area contributed by atoms with Crippen LogP contribution in [0.4, 0.5) is 4.79 Å². The molecule has 5 N–H and O–H groups in total. The van der Waals surface area contributed by atoms with E-state index in [2.05, 4.69) is 21.3 Å². The van der Waals surface area contributed by atoms with Gasteiger partial charge in [0.05, 0.1) is 12.7 Å². The molecule has 27 heteroatoms. The van der Waals surface area contributed by atoms with Crippen molar-refractivity contribution in [2.45, 2.75) is 229 Å². The van der Waals surface area contributed by atoms with E-state index < -0.39 is 167 Å². The van der Waals surface area contributed by atoms with Crippen LogP contribution in [-0.4, -0.2) is 282 Å². The number of ether oxygens (including phenoxy) is 1. The van der Waals surface area contributed by atoms with Crippen molar-refractivity contribution < 1.29 is 67.4 Å². The number of amides is 12. The zero-order valence-electron chi connectivity index (χ0n) is 62.7. The summed E-state index contributed by atoms with van der Waals surface area (Å²) >= 11 is 0. The van der Waals surface area contributed by atoms with Gasteiger partial charge in [-0.15, -0.1) is 0 Å². The largest absolute Gasteiger partial charge is 0.450 e. The smallest absolute Gasteiger partial charge is 0.409 e. The summed E-state index contributed by atoms with van der Waals surface area (Å²) in [6, 6.07) is -14.2. The van der Waals surface area contributed by atoms with Crippen molar-refractivity contribution in [1.82, 2.24) is 65.4 Å². The minimum absolute atomic E-state index is 0.0190. The minimum atomic E-state index is -1.65. The van der Waals surface area contributed by atoms with Crippen LogP contribution in [0.2, 0.25) is 0 Å². The molecule has 2 saturated heterocycles. The number of piperazine rings is 1. The molecule has 0 aromatic heterocycles. The number of aliphatic hydroxyl groups is 1. The molecule has 0 aromatic rings. The van der Waals surface area contributed by atoms with Crippen LogP contribution in [0.5, 0.6) is 0 Å². The predicted octanol–water partition coefficient (Wildman–Crippen LogP) is 3.02. The minimum Gasteiger partial charge on any atom is -0.450 e. The summed E-state index contributed by atoms with van der Waals surface area (Å²) in [7, 11) is 9.90. The molecule has 0 aliphatic carbocycles. The summed E-state index contributed by atoms with van der Waals surface area (Å²) in [4.78, 5) is 189. The number of aliphatic hydroxyl groups excluding tert-OH is 1. The maximum absolute atomic E-state index is 15.3. The van der Waals surface area contributed by atoms with E-state index in [1.165, 1.54) is 94.6 Å². The lowest BCUT2D eigenvalue weighted by atomic mass is 9.91. The zero-order chi connectivity index (χ0) is 73.8. The number of carbonyl (C=O) groups excluding carboxylic acids is 12. The standard InChI is InChI=1S/C69H123N13O14/c1-26-29-30-44(14)57(83)56-61(87)72-49(27-2)64(90)74(19)48(18)63(89)79(24)55(45(15)38-81-31-33-82(34-32-81)69(95)96-28-3)60(86)73-53(42(10)11)67(93)75(20)50(35-39(4)5)59(85)70-46(16)58(84)71-47(17)62(88)76(21)51(36-40(6)7)65(91)77(22)52(37-41(8)9)66(92)78(23)54(43(12)13)68(94)80(56)25/h26,29,39-57,83H,27-28,30-38H2,1-25H3,(H,70,85)(H,71,84)(H,72,87)(H,73,86)/b29-26+/t44-,45-,46+,47-,48-,49+,50+,51+,52+,53+,54+,55+,56+,57-/m1/s1. The number of hydrogen-bond donors (Lipinski definition) is 5. The van der Waals surface area contributed by atoms with E-state index in [1.807, 2.05) is 46.4 Å². The van der Waals surface area contributed by atoms with Gasteiger partial charge in [-0.05, 0) is 108 Å². The first-order valence-corrected chi connectivity index (χ1v) is 34.6. The number of hydrogen-bond acceptors (Lipinski definition) is 15. The average molecular weight is 1360 g/mol. The molecule has 2 fully saturated rings. The normalized spacial score (nSPS) is 27.4. The highest BCUT2D eigenvalue weighted by molar-refractivity contribution is 6.00. The molecular weight excluding hydrogens is 1230 g/mol. The van der Waals surface area contributed by atoms with E-state index in [0.29, 0.717) is 26.2 Å². The predicted molar refractivity (Wildman–Crippen MR) is 368 cm³/mol. The van der Waals surface area contributed by atoms with Gasteiger partial charge in [0.2, 0.25) is 65.0 Å². The molecule has 96 heavy (non-hydrogen) atoms. The fourth-order valence-corrected chi connectivity index (χ4v) is 12.6. The first-order chi connectivity index (χ1) is 44.6. The molecule has 2 aliphatic rings. The lowest BCUT2D eigenvalue weighted by molar-refractivity contribution is -0.157. The van der Waals surface area contributed by atoms with Crippen molar-refractivity contribution in [3.05, 3.63) is 12.2 Å². The van der Waals surface area contributed by atoms with Crippen molar-refractivity contribution in [2.75, 3.05) is 88.7 Å². The quantitative estimate of drug-likeness (QED) is 0.131. The molecule has 2 rings (SSSR count). The highest BCUT2D eigenvalue weighted by Crippen LogP contribution is 2.26. The van der Waals surface area contributed by atoms with Crippen molar-refractivity contribution >= 4 is 71.1 Å². The van der Waals surface area contributed by atoms with Crippen molar-refractivity contribution in [2.24, 2.45) is 41.4 Å². The van der Waals surface area contributed by atoms with Gasteiger partial charge in [-0.2, -0.15) is 0 Å². The molecule has 27 nitrogen and oxygen atoms in total. The van der Waals surface area contributed by atoms with Gasteiger partial charge in [0.15, 0.2) is 0 Å². The zero-order valence-corrected chi connectivity index (χ0v) is 62.7. The van der Waals surface area contributed by atoms with Gasteiger partial charge in [-0.3, -0.25) is 57.6 Å². The van der Waals surface area contributed by atoms with E-state index in [0.717, 1.165) is 9.80 Å². The van der Waals surface area contributed by atoms with E-state index in [4.69, 9.17) is 4.74 Å². The maximum Gasteiger partial charge on any atom is 0.409 e. The highest BCUT2D eigenvalue weighted by Gasteiger charge is 2.47. The Balaban J connectivity index is 3.05. The third-order valence-electron chi connectivity index (χ3n) is 18.8. The second-order valence-corrected chi connectivity index (χ2v) is 28.7. The van der Waals surface area contributed by atoms with Crippen LogP contribution in [0, 0.1) is 41.4 Å². The number of nitrogens with one attached hydrogen (secondary N) is 4. The van der Waals surface area contributed by atoms with E-state index >= 15 is 28.8 Å². The molecular formula is C69H123N13O14. The molecule has 14 atom stereocenters. The number of rotatable bonds is 17. The summed E-state index contributed by atoms with van der Waals surface area (Å²) in [6.07, 6.45) is 2.26. The van der Waals surface area contributed by atoms with Gasteiger partial charge >= 0.3 is 6.09 Å². The van der Waals surface area contributed by atoms with Crippen LogP contribution in [0.1, 0.15) is 157 Å². The fraction of sp³-hybridized carbons (Fsp3) is 0.797. The second kappa shape index (κ2) is 38.9. The molecule has 0 aromatic carbocycles. The Morgan fingerprint density at radius 1 is 0.500 bits per heavy atom. The van der Waals surface area contributed by atoms with E-state index in [9.17, 15) is 33.9 Å².